The molecule has 1 unspecified atom stereocenters. The van der Waals surface area contributed by atoms with Crippen LogP contribution in [0.15, 0.2) is 30.3 Å². The number of morpholine rings is 1. The summed E-state index contributed by atoms with van der Waals surface area (Å²) in [5.74, 6) is 1.07. The number of anilines is 1. The Morgan fingerprint density at radius 1 is 1.40 bits per heavy atom. The molecule has 0 bridgehead atoms. The van der Waals surface area contributed by atoms with Gasteiger partial charge in [0.25, 0.3) is 0 Å². The summed E-state index contributed by atoms with van der Waals surface area (Å²) in [7, 11) is 0. The standard InChI is InChI=1S/C16H21N3O/c1-12-11-20-9-8-19(12)16-14(6-7-17)10-13-4-2-3-5-15(13)18-16/h2-5,10,12H,6-9,11,17H2,1H3. The van der Waals surface area contributed by atoms with Gasteiger partial charge in [0, 0.05) is 11.9 Å². The lowest BCUT2D eigenvalue weighted by Gasteiger charge is -2.35. The molecule has 3 rings (SSSR count). The zero-order valence-electron chi connectivity index (χ0n) is 11.9. The summed E-state index contributed by atoms with van der Waals surface area (Å²) < 4.78 is 5.53. The Bertz CT molecular complexity index is 599. The number of para-hydroxylation sites is 1. The Morgan fingerprint density at radius 3 is 3.05 bits per heavy atom. The van der Waals surface area contributed by atoms with Gasteiger partial charge in [-0.1, -0.05) is 18.2 Å². The number of rotatable bonds is 3. The van der Waals surface area contributed by atoms with Gasteiger partial charge in [-0.05, 0) is 37.6 Å². The predicted molar refractivity (Wildman–Crippen MR) is 82.1 cm³/mol. The summed E-state index contributed by atoms with van der Waals surface area (Å²) in [5, 5.41) is 1.18. The number of nitrogens with zero attached hydrogens (tertiary/aromatic N) is 2. The first-order chi connectivity index (χ1) is 9.79. The van der Waals surface area contributed by atoms with Crippen molar-refractivity contribution in [1.29, 1.82) is 0 Å². The van der Waals surface area contributed by atoms with Gasteiger partial charge in [-0.2, -0.15) is 0 Å². The Kier molecular flexibility index (Phi) is 3.85. The molecule has 2 aromatic rings. The van der Waals surface area contributed by atoms with E-state index in [-0.39, 0.29) is 0 Å². The average Bonchev–Trinajstić information content (AvgIpc) is 2.48. The van der Waals surface area contributed by atoms with E-state index in [4.69, 9.17) is 15.5 Å². The second kappa shape index (κ2) is 5.77. The minimum absolute atomic E-state index is 0.355. The largest absolute Gasteiger partial charge is 0.377 e. The lowest BCUT2D eigenvalue weighted by molar-refractivity contribution is 0.0985. The number of aromatic nitrogens is 1. The van der Waals surface area contributed by atoms with E-state index in [1.165, 1.54) is 10.9 Å². The number of hydrogen-bond donors (Lipinski definition) is 1. The number of fused-ring (bicyclic) bond motifs is 1. The Balaban J connectivity index is 2.08. The van der Waals surface area contributed by atoms with Crippen molar-refractivity contribution >= 4 is 16.7 Å². The maximum atomic E-state index is 5.77. The molecule has 4 heteroatoms. The van der Waals surface area contributed by atoms with Gasteiger partial charge in [-0.25, -0.2) is 4.98 Å². The third kappa shape index (κ3) is 2.49. The van der Waals surface area contributed by atoms with Crippen LogP contribution >= 0.6 is 0 Å². The summed E-state index contributed by atoms with van der Waals surface area (Å²) in [6.45, 7) is 5.25. The van der Waals surface area contributed by atoms with E-state index in [1.54, 1.807) is 0 Å². The first kappa shape index (κ1) is 13.3. The highest BCUT2D eigenvalue weighted by atomic mass is 16.5. The fourth-order valence-corrected chi connectivity index (χ4v) is 2.78. The van der Waals surface area contributed by atoms with Crippen LogP contribution in [-0.4, -0.2) is 37.3 Å². The molecule has 20 heavy (non-hydrogen) atoms. The van der Waals surface area contributed by atoms with Crippen LogP contribution in [0.3, 0.4) is 0 Å². The molecule has 4 nitrogen and oxygen atoms in total. The van der Waals surface area contributed by atoms with Gasteiger partial charge in [0.05, 0.1) is 24.8 Å². The van der Waals surface area contributed by atoms with Crippen molar-refractivity contribution in [1.82, 2.24) is 4.98 Å². The van der Waals surface area contributed by atoms with Crippen molar-refractivity contribution in [3.63, 3.8) is 0 Å². The van der Waals surface area contributed by atoms with E-state index >= 15 is 0 Å². The summed E-state index contributed by atoms with van der Waals surface area (Å²) in [5.41, 5.74) is 8.05. The summed E-state index contributed by atoms with van der Waals surface area (Å²) in [4.78, 5) is 7.23. The van der Waals surface area contributed by atoms with Crippen LogP contribution < -0.4 is 10.6 Å². The van der Waals surface area contributed by atoms with Gasteiger partial charge < -0.3 is 15.4 Å². The van der Waals surface area contributed by atoms with Crippen LogP contribution in [0.1, 0.15) is 12.5 Å². The first-order valence-electron chi connectivity index (χ1n) is 7.22. The molecule has 0 amide bonds. The molecule has 1 fully saturated rings. The molecular weight excluding hydrogens is 250 g/mol. The Labute approximate surface area is 119 Å². The number of ether oxygens (including phenoxy) is 1. The number of nitrogens with two attached hydrogens (primary N) is 1. The van der Waals surface area contributed by atoms with Crippen LogP contribution in [0, 0.1) is 0 Å². The van der Waals surface area contributed by atoms with E-state index < -0.39 is 0 Å². The zero-order chi connectivity index (χ0) is 13.9. The third-order valence-electron chi connectivity index (χ3n) is 3.83. The van der Waals surface area contributed by atoms with E-state index in [9.17, 15) is 0 Å². The molecule has 0 spiro atoms. The lowest BCUT2D eigenvalue weighted by Crippen LogP contribution is -2.44. The maximum absolute atomic E-state index is 5.77. The van der Waals surface area contributed by atoms with Crippen LogP contribution in [0.4, 0.5) is 5.82 Å². The quantitative estimate of drug-likeness (QED) is 0.927. The molecule has 2 N–H and O–H groups in total. The van der Waals surface area contributed by atoms with Crippen molar-refractivity contribution in [2.75, 3.05) is 31.2 Å². The predicted octanol–water partition coefficient (Wildman–Crippen LogP) is 1.96. The number of hydrogen-bond acceptors (Lipinski definition) is 4. The first-order valence-corrected chi connectivity index (χ1v) is 7.22. The van der Waals surface area contributed by atoms with E-state index in [1.807, 2.05) is 12.1 Å². The van der Waals surface area contributed by atoms with Crippen molar-refractivity contribution in [3.8, 4) is 0 Å². The maximum Gasteiger partial charge on any atom is 0.132 e. The van der Waals surface area contributed by atoms with Gasteiger partial charge in [0.15, 0.2) is 0 Å². The molecular formula is C16H21N3O. The number of pyridine rings is 1. The minimum atomic E-state index is 0.355. The van der Waals surface area contributed by atoms with Gasteiger partial charge in [0.1, 0.15) is 5.82 Å². The van der Waals surface area contributed by atoms with Crippen molar-refractivity contribution in [3.05, 3.63) is 35.9 Å². The summed E-state index contributed by atoms with van der Waals surface area (Å²) in [6.07, 6.45) is 0.858. The average molecular weight is 271 g/mol. The van der Waals surface area contributed by atoms with Crippen molar-refractivity contribution < 1.29 is 4.74 Å². The van der Waals surface area contributed by atoms with Crippen LogP contribution in [0.5, 0.6) is 0 Å². The van der Waals surface area contributed by atoms with Crippen LogP contribution in [0.25, 0.3) is 10.9 Å². The summed E-state index contributed by atoms with van der Waals surface area (Å²) >= 11 is 0. The monoisotopic (exact) mass is 271 g/mol. The summed E-state index contributed by atoms with van der Waals surface area (Å²) in [6, 6.07) is 10.8. The second-order valence-electron chi connectivity index (χ2n) is 5.32. The fraction of sp³-hybridized carbons (Fsp3) is 0.438. The molecule has 1 saturated heterocycles. The van der Waals surface area contributed by atoms with Crippen molar-refractivity contribution in [2.24, 2.45) is 5.73 Å². The van der Waals surface area contributed by atoms with Gasteiger partial charge in [0.2, 0.25) is 0 Å². The number of benzene rings is 1. The molecule has 1 aliphatic rings. The normalized spacial score (nSPS) is 19.5. The second-order valence-corrected chi connectivity index (χ2v) is 5.32. The van der Waals surface area contributed by atoms with Crippen LogP contribution in [0.2, 0.25) is 0 Å². The zero-order valence-corrected chi connectivity index (χ0v) is 11.9. The smallest absolute Gasteiger partial charge is 0.132 e. The molecule has 1 aromatic heterocycles. The van der Waals surface area contributed by atoms with Gasteiger partial charge in [-0.3, -0.25) is 0 Å². The highest BCUT2D eigenvalue weighted by molar-refractivity contribution is 5.82. The van der Waals surface area contributed by atoms with E-state index in [0.29, 0.717) is 12.6 Å². The van der Waals surface area contributed by atoms with E-state index in [2.05, 4.69) is 30.0 Å². The highest BCUT2D eigenvalue weighted by Crippen LogP contribution is 2.26. The van der Waals surface area contributed by atoms with Crippen LogP contribution in [-0.2, 0) is 11.2 Å². The molecule has 0 radical (unpaired) electrons. The van der Waals surface area contributed by atoms with E-state index in [0.717, 1.165) is 37.5 Å². The van der Waals surface area contributed by atoms with Crippen molar-refractivity contribution in [2.45, 2.75) is 19.4 Å². The highest BCUT2D eigenvalue weighted by Gasteiger charge is 2.22. The molecule has 1 atom stereocenters. The fourth-order valence-electron chi connectivity index (χ4n) is 2.78. The molecule has 2 heterocycles. The third-order valence-corrected chi connectivity index (χ3v) is 3.83. The Hall–Kier alpha value is -1.65. The van der Waals surface area contributed by atoms with Gasteiger partial charge in [-0.15, -0.1) is 0 Å². The minimum Gasteiger partial charge on any atom is -0.377 e. The topological polar surface area (TPSA) is 51.4 Å². The van der Waals surface area contributed by atoms with Gasteiger partial charge >= 0.3 is 0 Å². The molecule has 1 aromatic carbocycles. The lowest BCUT2D eigenvalue weighted by atomic mass is 10.1. The molecule has 0 saturated carbocycles. The Morgan fingerprint density at radius 2 is 2.25 bits per heavy atom. The SMILES string of the molecule is CC1COCCN1c1nc2ccccc2cc1CCN. The molecule has 106 valence electrons. The molecule has 0 aliphatic carbocycles. The molecule has 1 aliphatic heterocycles.